The number of aromatic nitrogens is 2. The van der Waals surface area contributed by atoms with Gasteiger partial charge in [0.05, 0.1) is 0 Å². The van der Waals surface area contributed by atoms with Gasteiger partial charge < -0.3 is 10.2 Å². The highest BCUT2D eigenvalue weighted by molar-refractivity contribution is 8.00. The smallest absolute Gasteiger partial charge is 0.135 e. The molecule has 1 saturated heterocycles. The van der Waals surface area contributed by atoms with Gasteiger partial charge in [0.2, 0.25) is 0 Å². The molecule has 2 rings (SSSR count). The average molecular weight is 266 g/mol. The van der Waals surface area contributed by atoms with Crippen LogP contribution in [-0.2, 0) is 0 Å². The maximum absolute atomic E-state index is 4.70. The van der Waals surface area contributed by atoms with Gasteiger partial charge in [-0.15, -0.1) is 0 Å². The fourth-order valence-corrected chi connectivity index (χ4v) is 3.04. The van der Waals surface area contributed by atoms with E-state index in [-0.39, 0.29) is 0 Å². The Labute approximate surface area is 114 Å². The van der Waals surface area contributed by atoms with Crippen LogP contribution in [-0.4, -0.2) is 41.1 Å². The van der Waals surface area contributed by atoms with Crippen LogP contribution in [0.2, 0.25) is 0 Å². The minimum atomic E-state index is 0.355. The number of rotatable bonds is 3. The summed E-state index contributed by atoms with van der Waals surface area (Å²) in [6.45, 7) is 8.69. The van der Waals surface area contributed by atoms with Gasteiger partial charge in [-0.1, -0.05) is 20.8 Å². The Balaban J connectivity index is 2.28. The molecular weight excluding hydrogens is 244 g/mol. The lowest BCUT2D eigenvalue weighted by Gasteiger charge is -2.32. The van der Waals surface area contributed by atoms with Crippen molar-refractivity contribution in [3.63, 3.8) is 0 Å². The number of hydrogen-bond donors (Lipinski definition) is 1. The van der Waals surface area contributed by atoms with Crippen molar-refractivity contribution in [2.24, 2.45) is 0 Å². The Hall–Kier alpha value is -0.970. The third-order valence-corrected chi connectivity index (χ3v) is 4.20. The summed E-state index contributed by atoms with van der Waals surface area (Å²) in [4.78, 5) is 11.6. The van der Waals surface area contributed by atoms with E-state index in [1.807, 2.05) is 18.8 Å². The van der Waals surface area contributed by atoms with Crippen molar-refractivity contribution in [3.05, 3.63) is 11.9 Å². The highest BCUT2D eigenvalue weighted by Gasteiger charge is 2.19. The third-order valence-electron chi connectivity index (χ3n) is 3.07. The van der Waals surface area contributed by atoms with Crippen LogP contribution in [0, 0.1) is 0 Å². The van der Waals surface area contributed by atoms with Gasteiger partial charge in [0.25, 0.3) is 0 Å². The summed E-state index contributed by atoms with van der Waals surface area (Å²) in [5.74, 6) is 4.42. The molecule has 0 aliphatic carbocycles. The van der Waals surface area contributed by atoms with Gasteiger partial charge in [-0.3, -0.25) is 0 Å². The molecule has 0 aromatic carbocycles. The first-order chi connectivity index (χ1) is 8.60. The molecule has 1 aromatic rings. The molecule has 1 unspecified atom stereocenters. The van der Waals surface area contributed by atoms with E-state index in [4.69, 9.17) is 4.98 Å². The number of thioether (sulfide) groups is 1. The lowest BCUT2D eigenvalue weighted by atomic mass is 10.2. The molecule has 0 saturated carbocycles. The van der Waals surface area contributed by atoms with Crippen LogP contribution in [0.5, 0.6) is 0 Å². The second-order valence-electron chi connectivity index (χ2n) is 5.00. The maximum atomic E-state index is 4.70. The Morgan fingerprint density at radius 3 is 2.83 bits per heavy atom. The van der Waals surface area contributed by atoms with Crippen molar-refractivity contribution in [3.8, 4) is 0 Å². The molecule has 4 nitrogen and oxygen atoms in total. The van der Waals surface area contributed by atoms with Gasteiger partial charge in [0.15, 0.2) is 0 Å². The molecule has 0 bridgehead atoms. The lowest BCUT2D eigenvalue weighted by Crippen LogP contribution is -2.37. The SMILES string of the molecule is CNc1cc(N2CCSC(C)C2)nc(C(C)C)n1. The second kappa shape index (κ2) is 5.78. The zero-order valence-electron chi connectivity index (χ0n) is 11.6. The van der Waals surface area contributed by atoms with Crippen LogP contribution >= 0.6 is 11.8 Å². The summed E-state index contributed by atoms with van der Waals surface area (Å²) in [6, 6.07) is 2.05. The normalized spacial score (nSPS) is 20.3. The number of nitrogens with one attached hydrogen (secondary N) is 1. The van der Waals surface area contributed by atoms with Crippen molar-refractivity contribution in [1.82, 2.24) is 9.97 Å². The minimum Gasteiger partial charge on any atom is -0.373 e. The molecule has 0 spiro atoms. The number of hydrogen-bond acceptors (Lipinski definition) is 5. The molecule has 2 heterocycles. The van der Waals surface area contributed by atoms with Crippen molar-refractivity contribution < 1.29 is 0 Å². The van der Waals surface area contributed by atoms with E-state index in [1.54, 1.807) is 0 Å². The van der Waals surface area contributed by atoms with Crippen LogP contribution in [0.15, 0.2) is 6.07 Å². The van der Waals surface area contributed by atoms with E-state index in [1.165, 1.54) is 5.75 Å². The van der Waals surface area contributed by atoms with Crippen LogP contribution in [0.3, 0.4) is 0 Å². The summed E-state index contributed by atoms with van der Waals surface area (Å²) < 4.78 is 0. The van der Waals surface area contributed by atoms with E-state index >= 15 is 0 Å². The standard InChI is InChI=1S/C13H22N4S/c1-9(2)13-15-11(14-4)7-12(16-13)17-5-6-18-10(3)8-17/h7,9-10H,5-6,8H2,1-4H3,(H,14,15,16). The Morgan fingerprint density at radius 1 is 1.44 bits per heavy atom. The van der Waals surface area contributed by atoms with Gasteiger partial charge in [-0.25, -0.2) is 9.97 Å². The van der Waals surface area contributed by atoms with E-state index in [9.17, 15) is 0 Å². The highest BCUT2D eigenvalue weighted by atomic mass is 32.2. The molecule has 1 aliphatic rings. The summed E-state index contributed by atoms with van der Waals surface area (Å²) in [5, 5.41) is 3.81. The van der Waals surface area contributed by atoms with Gasteiger partial charge in [-0.05, 0) is 0 Å². The van der Waals surface area contributed by atoms with Gasteiger partial charge in [-0.2, -0.15) is 11.8 Å². The average Bonchev–Trinajstić information content (AvgIpc) is 2.38. The van der Waals surface area contributed by atoms with Crippen LogP contribution in [0.4, 0.5) is 11.6 Å². The van der Waals surface area contributed by atoms with Gasteiger partial charge in [0.1, 0.15) is 17.5 Å². The quantitative estimate of drug-likeness (QED) is 0.910. The summed E-state index contributed by atoms with van der Waals surface area (Å²) in [5.41, 5.74) is 0. The van der Waals surface area contributed by atoms with E-state index < -0.39 is 0 Å². The molecule has 1 atom stereocenters. The molecule has 5 heteroatoms. The van der Waals surface area contributed by atoms with E-state index in [0.717, 1.165) is 30.5 Å². The molecule has 1 aromatic heterocycles. The largest absolute Gasteiger partial charge is 0.373 e. The Kier molecular flexibility index (Phi) is 4.32. The molecule has 1 aliphatic heterocycles. The molecule has 1 fully saturated rings. The third kappa shape index (κ3) is 3.07. The van der Waals surface area contributed by atoms with Crippen molar-refractivity contribution in [2.45, 2.75) is 31.9 Å². The van der Waals surface area contributed by atoms with Crippen molar-refractivity contribution in [2.75, 3.05) is 36.1 Å². The zero-order valence-corrected chi connectivity index (χ0v) is 12.4. The Morgan fingerprint density at radius 2 is 2.22 bits per heavy atom. The summed E-state index contributed by atoms with van der Waals surface area (Å²) >= 11 is 2.04. The van der Waals surface area contributed by atoms with Crippen LogP contribution in [0.25, 0.3) is 0 Å². The highest BCUT2D eigenvalue weighted by Crippen LogP contribution is 2.25. The zero-order chi connectivity index (χ0) is 13.1. The molecular formula is C13H22N4S. The first-order valence-electron chi connectivity index (χ1n) is 6.53. The number of anilines is 2. The topological polar surface area (TPSA) is 41.0 Å². The van der Waals surface area contributed by atoms with E-state index in [2.05, 4.69) is 42.0 Å². The summed E-state index contributed by atoms with van der Waals surface area (Å²) in [7, 11) is 1.91. The monoisotopic (exact) mass is 266 g/mol. The molecule has 0 amide bonds. The maximum Gasteiger partial charge on any atom is 0.135 e. The lowest BCUT2D eigenvalue weighted by molar-refractivity contribution is 0.735. The van der Waals surface area contributed by atoms with E-state index in [0.29, 0.717) is 11.2 Å². The minimum absolute atomic E-state index is 0.355. The van der Waals surface area contributed by atoms with Crippen LogP contribution in [0.1, 0.15) is 32.5 Å². The van der Waals surface area contributed by atoms with Gasteiger partial charge in [0, 0.05) is 43.1 Å². The Bertz CT molecular complexity index is 408. The number of nitrogens with zero attached hydrogens (tertiary/aromatic N) is 3. The molecule has 100 valence electrons. The fourth-order valence-electron chi connectivity index (χ4n) is 2.03. The molecule has 1 N–H and O–H groups in total. The predicted octanol–water partition coefficient (Wildman–Crippen LogP) is 2.58. The first-order valence-corrected chi connectivity index (χ1v) is 7.58. The molecule has 0 radical (unpaired) electrons. The van der Waals surface area contributed by atoms with Crippen molar-refractivity contribution >= 4 is 23.4 Å². The van der Waals surface area contributed by atoms with Crippen LogP contribution < -0.4 is 10.2 Å². The predicted molar refractivity (Wildman–Crippen MR) is 79.8 cm³/mol. The summed E-state index contributed by atoms with van der Waals surface area (Å²) in [6.07, 6.45) is 0. The van der Waals surface area contributed by atoms with Crippen molar-refractivity contribution in [1.29, 1.82) is 0 Å². The first kappa shape index (κ1) is 13.5. The second-order valence-corrected chi connectivity index (χ2v) is 6.55. The van der Waals surface area contributed by atoms with Gasteiger partial charge >= 0.3 is 0 Å². The molecule has 18 heavy (non-hydrogen) atoms. The fraction of sp³-hybridized carbons (Fsp3) is 0.692.